The molecule has 0 fully saturated rings. The third-order valence-corrected chi connectivity index (χ3v) is 4.42. The maximum atomic E-state index is 3.51. The van der Waals surface area contributed by atoms with Gasteiger partial charge in [0, 0.05) is 4.88 Å². The van der Waals surface area contributed by atoms with Crippen molar-refractivity contribution in [2.75, 3.05) is 13.1 Å². The zero-order valence-electron chi connectivity index (χ0n) is 11.9. The van der Waals surface area contributed by atoms with E-state index in [0.29, 0.717) is 5.92 Å². The number of rotatable bonds is 7. The summed E-state index contributed by atoms with van der Waals surface area (Å²) in [5, 5.41) is 5.68. The average molecular weight is 273 g/mol. The Labute approximate surface area is 120 Å². The van der Waals surface area contributed by atoms with Crippen LogP contribution in [-0.2, 0) is 12.8 Å². The molecule has 0 saturated carbocycles. The number of aryl methyl sites for hydroxylation is 1. The van der Waals surface area contributed by atoms with Crippen LogP contribution in [0.15, 0.2) is 41.8 Å². The highest BCUT2D eigenvalue weighted by atomic mass is 32.1. The minimum atomic E-state index is 0.680. The molecular weight excluding hydrogens is 250 g/mol. The van der Waals surface area contributed by atoms with E-state index in [-0.39, 0.29) is 0 Å². The summed E-state index contributed by atoms with van der Waals surface area (Å²) in [5.41, 5.74) is 2.90. The van der Waals surface area contributed by atoms with Crippen LogP contribution < -0.4 is 5.32 Å². The minimum Gasteiger partial charge on any atom is -0.317 e. The fourth-order valence-corrected chi connectivity index (χ4v) is 3.25. The molecule has 1 heterocycles. The van der Waals surface area contributed by atoms with E-state index in [0.717, 1.165) is 19.5 Å². The van der Waals surface area contributed by atoms with E-state index < -0.39 is 0 Å². The fraction of sp³-hybridized carbons (Fsp3) is 0.412. The fourth-order valence-electron chi connectivity index (χ4n) is 2.43. The molecule has 1 nitrogen and oxygen atoms in total. The Bertz CT molecular complexity index is 476. The summed E-state index contributed by atoms with van der Waals surface area (Å²) in [5.74, 6) is 0.680. The SMILES string of the molecule is CCNCC(Cc1cccs1)Cc1ccccc1C. The largest absolute Gasteiger partial charge is 0.317 e. The van der Waals surface area contributed by atoms with Crippen molar-refractivity contribution in [3.05, 3.63) is 57.8 Å². The van der Waals surface area contributed by atoms with E-state index in [2.05, 4.69) is 60.9 Å². The summed E-state index contributed by atoms with van der Waals surface area (Å²) in [7, 11) is 0. The summed E-state index contributed by atoms with van der Waals surface area (Å²) in [6, 6.07) is 13.2. The normalized spacial score (nSPS) is 12.5. The molecule has 2 heteroatoms. The molecule has 19 heavy (non-hydrogen) atoms. The van der Waals surface area contributed by atoms with Crippen molar-refractivity contribution in [1.29, 1.82) is 0 Å². The first-order valence-electron chi connectivity index (χ1n) is 7.07. The summed E-state index contributed by atoms with van der Waals surface area (Å²) in [6.07, 6.45) is 2.34. The van der Waals surface area contributed by atoms with E-state index >= 15 is 0 Å². The highest BCUT2D eigenvalue weighted by molar-refractivity contribution is 7.09. The first kappa shape index (κ1) is 14.3. The van der Waals surface area contributed by atoms with E-state index in [4.69, 9.17) is 0 Å². The molecule has 1 aromatic carbocycles. The second kappa shape index (κ2) is 7.46. The predicted octanol–water partition coefficient (Wildman–Crippen LogP) is 4.07. The molecule has 102 valence electrons. The number of hydrogen-bond donors (Lipinski definition) is 1. The van der Waals surface area contributed by atoms with Gasteiger partial charge in [0.05, 0.1) is 0 Å². The van der Waals surface area contributed by atoms with E-state index in [1.165, 1.54) is 22.4 Å². The van der Waals surface area contributed by atoms with Crippen molar-refractivity contribution in [1.82, 2.24) is 5.32 Å². The molecule has 0 amide bonds. The van der Waals surface area contributed by atoms with Crippen LogP contribution in [0.25, 0.3) is 0 Å². The van der Waals surface area contributed by atoms with Crippen molar-refractivity contribution in [3.8, 4) is 0 Å². The van der Waals surface area contributed by atoms with Gasteiger partial charge in [0.25, 0.3) is 0 Å². The highest BCUT2D eigenvalue weighted by Crippen LogP contribution is 2.19. The molecule has 0 saturated heterocycles. The van der Waals surface area contributed by atoms with Crippen molar-refractivity contribution < 1.29 is 0 Å². The zero-order chi connectivity index (χ0) is 13.5. The van der Waals surface area contributed by atoms with Gasteiger partial charge in [0.1, 0.15) is 0 Å². The maximum absolute atomic E-state index is 3.51. The number of thiophene rings is 1. The maximum Gasteiger partial charge on any atom is 0.00485 e. The molecule has 0 spiro atoms. The third-order valence-electron chi connectivity index (χ3n) is 3.52. The van der Waals surface area contributed by atoms with Crippen LogP contribution in [0.2, 0.25) is 0 Å². The lowest BCUT2D eigenvalue weighted by Crippen LogP contribution is -2.25. The Morgan fingerprint density at radius 1 is 1.11 bits per heavy atom. The molecule has 1 unspecified atom stereocenters. The first-order valence-corrected chi connectivity index (χ1v) is 7.95. The van der Waals surface area contributed by atoms with Gasteiger partial charge in [-0.2, -0.15) is 0 Å². The minimum absolute atomic E-state index is 0.680. The van der Waals surface area contributed by atoms with Crippen LogP contribution in [0, 0.1) is 12.8 Å². The van der Waals surface area contributed by atoms with Crippen molar-refractivity contribution in [2.45, 2.75) is 26.7 Å². The lowest BCUT2D eigenvalue weighted by Gasteiger charge is -2.18. The third kappa shape index (κ3) is 4.48. The van der Waals surface area contributed by atoms with Crippen LogP contribution >= 0.6 is 11.3 Å². The molecule has 0 aliphatic carbocycles. The lowest BCUT2D eigenvalue weighted by atomic mass is 9.93. The van der Waals surface area contributed by atoms with Gasteiger partial charge in [-0.1, -0.05) is 37.3 Å². The quantitative estimate of drug-likeness (QED) is 0.802. The van der Waals surface area contributed by atoms with Crippen LogP contribution in [0.3, 0.4) is 0 Å². The lowest BCUT2D eigenvalue weighted by molar-refractivity contribution is 0.480. The molecule has 1 aromatic heterocycles. The number of nitrogens with one attached hydrogen (secondary N) is 1. The Morgan fingerprint density at radius 3 is 2.63 bits per heavy atom. The molecule has 1 N–H and O–H groups in total. The van der Waals surface area contributed by atoms with E-state index in [1.807, 2.05) is 11.3 Å². The second-order valence-electron chi connectivity index (χ2n) is 5.09. The topological polar surface area (TPSA) is 12.0 Å². The monoisotopic (exact) mass is 273 g/mol. The Morgan fingerprint density at radius 2 is 1.95 bits per heavy atom. The number of hydrogen-bond acceptors (Lipinski definition) is 2. The summed E-state index contributed by atoms with van der Waals surface area (Å²) in [6.45, 7) is 6.54. The molecule has 0 aliphatic rings. The standard InChI is InChI=1S/C17H23NS/c1-3-18-13-15(12-17-9-6-10-19-17)11-16-8-5-4-7-14(16)2/h4-10,15,18H,3,11-13H2,1-2H3. The summed E-state index contributed by atoms with van der Waals surface area (Å²) in [4.78, 5) is 1.50. The van der Waals surface area contributed by atoms with Gasteiger partial charge < -0.3 is 5.32 Å². The van der Waals surface area contributed by atoms with Crippen LogP contribution in [0.5, 0.6) is 0 Å². The molecular formula is C17H23NS. The van der Waals surface area contributed by atoms with Gasteiger partial charge in [0.2, 0.25) is 0 Å². The van der Waals surface area contributed by atoms with Gasteiger partial charge in [-0.15, -0.1) is 11.3 Å². The Kier molecular flexibility index (Phi) is 5.62. The van der Waals surface area contributed by atoms with Gasteiger partial charge in [-0.05, 0) is 61.3 Å². The Balaban J connectivity index is 2.03. The zero-order valence-corrected chi connectivity index (χ0v) is 12.7. The molecule has 2 aromatic rings. The van der Waals surface area contributed by atoms with E-state index in [1.54, 1.807) is 0 Å². The molecule has 0 bridgehead atoms. The second-order valence-corrected chi connectivity index (χ2v) is 6.12. The summed E-state index contributed by atoms with van der Waals surface area (Å²) < 4.78 is 0. The highest BCUT2D eigenvalue weighted by Gasteiger charge is 2.12. The van der Waals surface area contributed by atoms with Gasteiger partial charge >= 0.3 is 0 Å². The molecule has 1 atom stereocenters. The summed E-state index contributed by atoms with van der Waals surface area (Å²) >= 11 is 1.87. The molecule has 0 radical (unpaired) electrons. The van der Waals surface area contributed by atoms with Gasteiger partial charge in [-0.25, -0.2) is 0 Å². The van der Waals surface area contributed by atoms with Gasteiger partial charge in [-0.3, -0.25) is 0 Å². The van der Waals surface area contributed by atoms with Crippen LogP contribution in [-0.4, -0.2) is 13.1 Å². The Hall–Kier alpha value is -1.12. The van der Waals surface area contributed by atoms with Crippen LogP contribution in [0.4, 0.5) is 0 Å². The average Bonchev–Trinajstić information content (AvgIpc) is 2.91. The first-order chi connectivity index (χ1) is 9.29. The predicted molar refractivity (Wildman–Crippen MR) is 84.9 cm³/mol. The smallest absolute Gasteiger partial charge is 0.00485 e. The molecule has 0 aliphatic heterocycles. The van der Waals surface area contributed by atoms with Crippen molar-refractivity contribution >= 4 is 11.3 Å². The molecule has 2 rings (SSSR count). The van der Waals surface area contributed by atoms with Crippen LogP contribution in [0.1, 0.15) is 22.9 Å². The van der Waals surface area contributed by atoms with Crippen molar-refractivity contribution in [2.24, 2.45) is 5.92 Å². The number of benzene rings is 1. The van der Waals surface area contributed by atoms with E-state index in [9.17, 15) is 0 Å². The van der Waals surface area contributed by atoms with Gasteiger partial charge in [0.15, 0.2) is 0 Å². The van der Waals surface area contributed by atoms with Crippen molar-refractivity contribution in [3.63, 3.8) is 0 Å².